The normalized spacial score (nSPS) is 15.0. The highest BCUT2D eigenvalue weighted by Gasteiger charge is 2.18. The van der Waals surface area contributed by atoms with Crippen LogP contribution in [0.25, 0.3) is 33.4 Å². The van der Waals surface area contributed by atoms with E-state index >= 15 is 0 Å². The number of benzene rings is 6. The van der Waals surface area contributed by atoms with Crippen LogP contribution in [0.5, 0.6) is 34.5 Å². The molecule has 1 aliphatic heterocycles. The van der Waals surface area contributed by atoms with Crippen LogP contribution in [0.3, 0.4) is 0 Å². The molecule has 0 aliphatic carbocycles. The third-order valence-electron chi connectivity index (χ3n) is 9.34. The van der Waals surface area contributed by atoms with Crippen molar-refractivity contribution >= 4 is 0 Å². The maximum absolute atomic E-state index is 6.82. The first-order valence-electron chi connectivity index (χ1n) is 19.2. The van der Waals surface area contributed by atoms with E-state index in [4.69, 9.17) is 28.4 Å². The van der Waals surface area contributed by atoms with E-state index in [9.17, 15) is 0 Å². The van der Waals surface area contributed by atoms with Crippen molar-refractivity contribution < 1.29 is 28.4 Å². The minimum absolute atomic E-state index is 0.608. The predicted octanol–water partition coefficient (Wildman–Crippen LogP) is 12.4. The van der Waals surface area contributed by atoms with Crippen molar-refractivity contribution in [2.45, 2.75) is 38.5 Å². The van der Waals surface area contributed by atoms with E-state index in [0.29, 0.717) is 13.2 Å². The molecular weight excluding hydrogens is 673 g/mol. The molecule has 1 heterocycles. The fourth-order valence-corrected chi connectivity index (χ4v) is 6.57. The van der Waals surface area contributed by atoms with Crippen LogP contribution in [0.1, 0.15) is 38.5 Å². The molecule has 6 aromatic rings. The van der Waals surface area contributed by atoms with E-state index < -0.39 is 0 Å². The van der Waals surface area contributed by atoms with Crippen LogP contribution < -0.4 is 18.9 Å². The van der Waals surface area contributed by atoms with Crippen LogP contribution in [0.15, 0.2) is 146 Å². The summed E-state index contributed by atoms with van der Waals surface area (Å²) in [7, 11) is 0. The molecule has 0 saturated heterocycles. The monoisotopic (exact) mass is 720 g/mol. The van der Waals surface area contributed by atoms with E-state index in [1.165, 1.54) is 0 Å². The summed E-state index contributed by atoms with van der Waals surface area (Å²) in [5.74, 6) is 4.56. The van der Waals surface area contributed by atoms with Crippen LogP contribution >= 0.6 is 0 Å². The lowest BCUT2D eigenvalue weighted by Gasteiger charge is -2.19. The van der Waals surface area contributed by atoms with Gasteiger partial charge in [-0.3, -0.25) is 0 Å². The maximum atomic E-state index is 6.82. The Labute approximate surface area is 319 Å². The average molecular weight is 721 g/mol. The first-order chi connectivity index (χ1) is 26.8. The molecular formula is C48H48O6. The molecule has 7 rings (SSSR count). The minimum Gasteiger partial charge on any atom is -0.493 e. The van der Waals surface area contributed by atoms with Crippen molar-refractivity contribution in [3.05, 3.63) is 146 Å². The summed E-state index contributed by atoms with van der Waals surface area (Å²) in [5.41, 5.74) is 5.70. The van der Waals surface area contributed by atoms with Gasteiger partial charge < -0.3 is 28.4 Å². The predicted molar refractivity (Wildman–Crippen MR) is 216 cm³/mol. The molecule has 54 heavy (non-hydrogen) atoms. The summed E-state index contributed by atoms with van der Waals surface area (Å²) in [6.07, 6.45) is 5.68. The largest absolute Gasteiger partial charge is 0.493 e. The molecule has 0 unspecified atom stereocenters. The molecule has 276 valence electrons. The second-order valence-electron chi connectivity index (χ2n) is 13.2. The van der Waals surface area contributed by atoms with Crippen LogP contribution in [-0.4, -0.2) is 39.6 Å². The third kappa shape index (κ3) is 9.70. The summed E-state index contributed by atoms with van der Waals surface area (Å²) >= 11 is 0. The number of fused-ring (bicyclic) bond motifs is 9. The lowest BCUT2D eigenvalue weighted by molar-refractivity contribution is 0.0968. The first kappa shape index (κ1) is 36.8. The maximum Gasteiger partial charge on any atom is 0.135 e. The molecule has 1 aliphatic rings. The minimum atomic E-state index is 0.608. The van der Waals surface area contributed by atoms with Gasteiger partial charge in [0.25, 0.3) is 0 Å². The first-order valence-corrected chi connectivity index (χ1v) is 19.2. The number of hydrogen-bond acceptors (Lipinski definition) is 6. The molecule has 0 aromatic heterocycles. The fraction of sp³-hybridized carbons (Fsp3) is 0.250. The van der Waals surface area contributed by atoms with Crippen LogP contribution in [-0.2, 0) is 9.47 Å². The molecule has 0 bridgehead atoms. The highest BCUT2D eigenvalue weighted by Crippen LogP contribution is 2.45. The van der Waals surface area contributed by atoms with Crippen LogP contribution in [0.4, 0.5) is 0 Å². The molecule has 0 atom stereocenters. The van der Waals surface area contributed by atoms with E-state index in [1.807, 2.05) is 109 Å². The fourth-order valence-electron chi connectivity index (χ4n) is 6.57. The van der Waals surface area contributed by atoms with Crippen molar-refractivity contribution in [2.75, 3.05) is 39.6 Å². The molecule has 0 amide bonds. The summed E-state index contributed by atoms with van der Waals surface area (Å²) in [6.45, 7) is 4.17. The van der Waals surface area contributed by atoms with Crippen molar-refractivity contribution in [3.8, 4) is 67.9 Å². The van der Waals surface area contributed by atoms with E-state index in [2.05, 4.69) is 36.4 Å². The van der Waals surface area contributed by atoms with E-state index in [-0.39, 0.29) is 0 Å². The molecule has 0 N–H and O–H groups in total. The zero-order valence-electron chi connectivity index (χ0n) is 30.8. The van der Waals surface area contributed by atoms with Gasteiger partial charge in [-0.1, -0.05) is 109 Å². The molecule has 6 aromatic carbocycles. The summed E-state index contributed by atoms with van der Waals surface area (Å²) in [5, 5.41) is 0. The summed E-state index contributed by atoms with van der Waals surface area (Å²) in [6, 6.07) is 48.8. The quantitative estimate of drug-likeness (QED) is 0.156. The van der Waals surface area contributed by atoms with Crippen molar-refractivity contribution in [3.63, 3.8) is 0 Å². The Morgan fingerprint density at radius 3 is 0.759 bits per heavy atom. The van der Waals surface area contributed by atoms with Gasteiger partial charge in [-0.25, -0.2) is 0 Å². The van der Waals surface area contributed by atoms with Gasteiger partial charge >= 0.3 is 0 Å². The molecule has 6 heteroatoms. The number of rotatable bonds is 0. The molecule has 0 fully saturated rings. The third-order valence-corrected chi connectivity index (χ3v) is 9.34. The standard InChI is InChI=1S/C48H48O6/c1-7-25-43-37(19-1)39-21-3-9-27-45(39)53-47-29-11-5-23-41(47)42-24-6-12-30-48(42)54-46-28-10-4-22-40(46)38-20-2-8-26-44(38)52-36-18-16-34-50-32-14-13-31-49-33-15-17-35-51-43/h1-12,19-30H,13-18,31-36H2. The van der Waals surface area contributed by atoms with Crippen LogP contribution in [0, 0.1) is 0 Å². The Bertz CT molecular complexity index is 1920. The topological polar surface area (TPSA) is 55.4 Å². The highest BCUT2D eigenvalue weighted by atomic mass is 16.5. The smallest absolute Gasteiger partial charge is 0.135 e. The van der Waals surface area contributed by atoms with Gasteiger partial charge in [-0.05, 0) is 74.9 Å². The highest BCUT2D eigenvalue weighted by molar-refractivity contribution is 5.81. The van der Waals surface area contributed by atoms with Gasteiger partial charge in [0, 0.05) is 59.8 Å². The van der Waals surface area contributed by atoms with Crippen molar-refractivity contribution in [1.29, 1.82) is 0 Å². The second kappa shape index (κ2) is 19.5. The molecule has 0 spiro atoms. The summed E-state index contributed by atoms with van der Waals surface area (Å²) in [4.78, 5) is 0. The van der Waals surface area contributed by atoms with Gasteiger partial charge in [0.05, 0.1) is 13.2 Å². The second-order valence-corrected chi connectivity index (χ2v) is 13.2. The van der Waals surface area contributed by atoms with Gasteiger partial charge in [-0.2, -0.15) is 0 Å². The van der Waals surface area contributed by atoms with Crippen molar-refractivity contribution in [2.24, 2.45) is 0 Å². The molecule has 0 radical (unpaired) electrons. The molecule has 0 saturated carbocycles. The van der Waals surface area contributed by atoms with E-state index in [1.54, 1.807) is 0 Å². The lowest BCUT2D eigenvalue weighted by Crippen LogP contribution is -2.04. The van der Waals surface area contributed by atoms with Crippen LogP contribution in [0.2, 0.25) is 0 Å². The Kier molecular flexibility index (Phi) is 13.3. The Morgan fingerprint density at radius 2 is 0.463 bits per heavy atom. The van der Waals surface area contributed by atoms with Gasteiger partial charge in [0.15, 0.2) is 0 Å². The SMILES string of the molecule is c1ccc2c(c1)OCCCCOCCCCOCCCCOc1ccccc1-c1ccccc1Oc1ccccc1-c1ccccc1Oc1ccccc1-2. The Hall–Kier alpha value is -5.56. The Morgan fingerprint density at radius 1 is 0.241 bits per heavy atom. The number of ether oxygens (including phenoxy) is 6. The Balaban J connectivity index is 1.20. The zero-order valence-corrected chi connectivity index (χ0v) is 30.8. The lowest BCUT2D eigenvalue weighted by atomic mass is 10.0. The number of hydrogen-bond donors (Lipinski definition) is 0. The summed E-state index contributed by atoms with van der Waals surface area (Å²) < 4.78 is 38.1. The molecule has 6 nitrogen and oxygen atoms in total. The van der Waals surface area contributed by atoms with Gasteiger partial charge in [0.2, 0.25) is 0 Å². The number of para-hydroxylation sites is 6. The van der Waals surface area contributed by atoms with E-state index in [0.717, 1.165) is 133 Å². The zero-order chi connectivity index (χ0) is 36.6. The van der Waals surface area contributed by atoms with Gasteiger partial charge in [0.1, 0.15) is 34.5 Å². The average Bonchev–Trinajstić information content (AvgIpc) is 3.22. The van der Waals surface area contributed by atoms with Gasteiger partial charge in [-0.15, -0.1) is 0 Å². The van der Waals surface area contributed by atoms with Crippen molar-refractivity contribution in [1.82, 2.24) is 0 Å².